The zero-order valence-corrected chi connectivity index (χ0v) is 18.0. The molecule has 3 heterocycles. The average Bonchev–Trinajstić information content (AvgIpc) is 3.37. The summed E-state index contributed by atoms with van der Waals surface area (Å²) in [7, 11) is 1.32. The standard InChI is InChI=1S/C18H18N4O4S3/c1-26-14(24)5-9-6-28-18(19-9)22-13(23)8-27-7-12-20-16(25)15-10-3-2-4-11(10)29-17(15)21-12/h6H,2-5,7-8H2,1H3,(H,19,22,23)(H,20,21,25). The highest BCUT2D eigenvalue weighted by molar-refractivity contribution is 7.99. The number of thiazole rings is 1. The van der Waals surface area contributed by atoms with Gasteiger partial charge in [0, 0.05) is 10.3 Å². The third kappa shape index (κ3) is 4.51. The van der Waals surface area contributed by atoms with Crippen molar-refractivity contribution >= 4 is 61.7 Å². The highest BCUT2D eigenvalue weighted by atomic mass is 32.2. The molecule has 0 aliphatic heterocycles. The van der Waals surface area contributed by atoms with Gasteiger partial charge in [0.25, 0.3) is 5.56 Å². The summed E-state index contributed by atoms with van der Waals surface area (Å²) in [5.41, 5.74) is 1.63. The van der Waals surface area contributed by atoms with Gasteiger partial charge < -0.3 is 15.0 Å². The van der Waals surface area contributed by atoms with Gasteiger partial charge in [-0.05, 0) is 24.8 Å². The molecule has 1 aliphatic rings. The van der Waals surface area contributed by atoms with E-state index in [0.717, 1.165) is 35.0 Å². The molecule has 0 radical (unpaired) electrons. The molecule has 0 aromatic carbocycles. The Kier molecular flexibility index (Phi) is 5.97. The van der Waals surface area contributed by atoms with Crippen LogP contribution in [0.1, 0.15) is 28.4 Å². The molecule has 0 unspecified atom stereocenters. The number of amides is 1. The van der Waals surface area contributed by atoms with Crippen molar-refractivity contribution in [2.45, 2.75) is 31.4 Å². The quantitative estimate of drug-likeness (QED) is 0.532. The summed E-state index contributed by atoms with van der Waals surface area (Å²) in [6.45, 7) is 0. The first-order valence-electron chi connectivity index (χ1n) is 8.95. The number of anilines is 1. The van der Waals surface area contributed by atoms with Gasteiger partial charge in [-0.3, -0.25) is 14.4 Å². The van der Waals surface area contributed by atoms with Crippen molar-refractivity contribution in [3.8, 4) is 0 Å². The van der Waals surface area contributed by atoms with Gasteiger partial charge in [0.2, 0.25) is 5.91 Å². The molecule has 0 spiro atoms. The minimum absolute atomic E-state index is 0.0747. The van der Waals surface area contributed by atoms with Crippen molar-refractivity contribution < 1.29 is 14.3 Å². The molecule has 0 fully saturated rings. The molecule has 11 heteroatoms. The smallest absolute Gasteiger partial charge is 0.311 e. The highest BCUT2D eigenvalue weighted by Crippen LogP contribution is 2.34. The van der Waals surface area contributed by atoms with Crippen molar-refractivity contribution in [3.05, 3.63) is 37.7 Å². The van der Waals surface area contributed by atoms with E-state index in [9.17, 15) is 14.4 Å². The first kappa shape index (κ1) is 20.0. The van der Waals surface area contributed by atoms with E-state index in [4.69, 9.17) is 0 Å². The van der Waals surface area contributed by atoms with Crippen LogP contribution in [0.2, 0.25) is 0 Å². The molecule has 0 saturated carbocycles. The number of carbonyl (C=O) groups is 2. The highest BCUT2D eigenvalue weighted by Gasteiger charge is 2.21. The van der Waals surface area contributed by atoms with Gasteiger partial charge in [-0.25, -0.2) is 9.97 Å². The van der Waals surface area contributed by atoms with Crippen molar-refractivity contribution in [3.63, 3.8) is 0 Å². The lowest BCUT2D eigenvalue weighted by molar-refractivity contribution is -0.139. The molecule has 0 saturated heterocycles. The Hall–Kier alpha value is -2.24. The molecule has 0 bridgehead atoms. The molecule has 3 aromatic rings. The van der Waals surface area contributed by atoms with Gasteiger partial charge in [0.15, 0.2) is 5.13 Å². The molecule has 0 atom stereocenters. The predicted molar refractivity (Wildman–Crippen MR) is 115 cm³/mol. The zero-order chi connectivity index (χ0) is 20.4. The van der Waals surface area contributed by atoms with E-state index < -0.39 is 0 Å². The molecule has 1 amide bonds. The SMILES string of the molecule is COC(=O)Cc1csc(NC(=O)CSCc2nc3sc4c(c3c(=O)[nH]2)CCC4)n1. The minimum Gasteiger partial charge on any atom is -0.469 e. The minimum atomic E-state index is -0.377. The number of rotatable bonds is 7. The van der Waals surface area contributed by atoms with Crippen LogP contribution in [0.4, 0.5) is 5.13 Å². The van der Waals surface area contributed by atoms with Crippen LogP contribution in [-0.4, -0.2) is 39.7 Å². The van der Waals surface area contributed by atoms with Gasteiger partial charge in [0.1, 0.15) is 10.7 Å². The van der Waals surface area contributed by atoms with Crippen LogP contribution < -0.4 is 10.9 Å². The Morgan fingerprint density at radius 2 is 2.21 bits per heavy atom. The fourth-order valence-electron chi connectivity index (χ4n) is 3.18. The second-order valence-electron chi connectivity index (χ2n) is 6.49. The number of aromatic nitrogens is 3. The molecule has 152 valence electrons. The maximum Gasteiger partial charge on any atom is 0.311 e. The van der Waals surface area contributed by atoms with Gasteiger partial charge in [-0.2, -0.15) is 0 Å². The molecular weight excluding hydrogens is 432 g/mol. The fourth-order valence-corrected chi connectivity index (χ4v) is 5.87. The molecular formula is C18H18N4O4S3. The van der Waals surface area contributed by atoms with E-state index in [1.54, 1.807) is 16.7 Å². The lowest BCUT2D eigenvalue weighted by Gasteiger charge is -2.03. The number of nitrogens with one attached hydrogen (secondary N) is 2. The maximum atomic E-state index is 12.4. The van der Waals surface area contributed by atoms with Gasteiger partial charge in [-0.1, -0.05) is 0 Å². The molecule has 3 aromatic heterocycles. The summed E-state index contributed by atoms with van der Waals surface area (Å²) in [5.74, 6) is 0.641. The number of ether oxygens (including phenoxy) is 1. The molecule has 8 nitrogen and oxygen atoms in total. The zero-order valence-electron chi connectivity index (χ0n) is 15.6. The molecule has 1 aliphatic carbocycles. The number of H-pyrrole nitrogens is 1. The Morgan fingerprint density at radius 3 is 3.03 bits per heavy atom. The van der Waals surface area contributed by atoms with E-state index in [2.05, 4.69) is 25.0 Å². The lowest BCUT2D eigenvalue weighted by atomic mass is 10.2. The van der Waals surface area contributed by atoms with Crippen LogP contribution in [0.25, 0.3) is 10.2 Å². The summed E-state index contributed by atoms with van der Waals surface area (Å²) in [4.78, 5) is 49.5. The Labute approximate surface area is 178 Å². The third-order valence-corrected chi connectivity index (χ3v) is 7.38. The van der Waals surface area contributed by atoms with Crippen molar-refractivity contribution in [2.24, 2.45) is 0 Å². The number of aromatic amines is 1. The number of aryl methyl sites for hydroxylation is 2. The number of hydrogen-bond donors (Lipinski definition) is 2. The number of thioether (sulfide) groups is 1. The monoisotopic (exact) mass is 450 g/mol. The Bertz CT molecular complexity index is 1130. The van der Waals surface area contributed by atoms with E-state index in [1.807, 2.05) is 0 Å². The fraction of sp³-hybridized carbons (Fsp3) is 0.389. The normalized spacial score (nSPS) is 12.9. The first-order valence-corrected chi connectivity index (χ1v) is 11.8. The largest absolute Gasteiger partial charge is 0.469 e. The maximum absolute atomic E-state index is 12.4. The number of nitrogens with zero attached hydrogens (tertiary/aromatic N) is 2. The van der Waals surface area contributed by atoms with Crippen LogP contribution >= 0.6 is 34.4 Å². The molecule has 2 N–H and O–H groups in total. The van der Waals surface area contributed by atoms with Crippen LogP contribution in [0.3, 0.4) is 0 Å². The number of carbonyl (C=O) groups excluding carboxylic acids is 2. The molecule has 4 rings (SSSR count). The van der Waals surface area contributed by atoms with E-state index >= 15 is 0 Å². The second kappa shape index (κ2) is 8.64. The van der Waals surface area contributed by atoms with E-state index in [0.29, 0.717) is 22.4 Å². The number of thiophene rings is 1. The van der Waals surface area contributed by atoms with Gasteiger partial charge in [0.05, 0.1) is 36.1 Å². The summed E-state index contributed by atoms with van der Waals surface area (Å²) in [6.07, 6.45) is 3.16. The number of fused-ring (bicyclic) bond motifs is 3. The first-order chi connectivity index (χ1) is 14.0. The summed E-state index contributed by atoms with van der Waals surface area (Å²) < 4.78 is 4.60. The third-order valence-electron chi connectivity index (χ3n) is 4.45. The topological polar surface area (TPSA) is 114 Å². The van der Waals surface area contributed by atoms with Gasteiger partial charge in [-0.15, -0.1) is 34.4 Å². The summed E-state index contributed by atoms with van der Waals surface area (Å²) in [6, 6.07) is 0. The Morgan fingerprint density at radius 1 is 1.34 bits per heavy atom. The van der Waals surface area contributed by atoms with E-state index in [1.165, 1.54) is 35.1 Å². The number of hydrogen-bond acceptors (Lipinski definition) is 9. The predicted octanol–water partition coefficient (Wildman–Crippen LogP) is 2.52. The van der Waals surface area contributed by atoms with Crippen LogP contribution in [0.5, 0.6) is 0 Å². The van der Waals surface area contributed by atoms with Crippen LogP contribution in [0, 0.1) is 0 Å². The van der Waals surface area contributed by atoms with Crippen LogP contribution in [0.15, 0.2) is 10.2 Å². The van der Waals surface area contributed by atoms with Crippen molar-refractivity contribution in [1.29, 1.82) is 0 Å². The molecule has 29 heavy (non-hydrogen) atoms. The summed E-state index contributed by atoms with van der Waals surface area (Å²) in [5, 5.41) is 5.60. The average molecular weight is 451 g/mol. The van der Waals surface area contributed by atoms with Gasteiger partial charge >= 0.3 is 5.97 Å². The van der Waals surface area contributed by atoms with Crippen LogP contribution in [-0.2, 0) is 39.3 Å². The number of methoxy groups -OCH3 is 1. The lowest BCUT2D eigenvalue weighted by Crippen LogP contribution is -2.15. The van der Waals surface area contributed by atoms with Crippen molar-refractivity contribution in [2.75, 3.05) is 18.2 Å². The second-order valence-corrected chi connectivity index (χ2v) is 9.42. The Balaban J connectivity index is 1.31. The number of esters is 1. The van der Waals surface area contributed by atoms with Crippen molar-refractivity contribution in [1.82, 2.24) is 15.0 Å². The van der Waals surface area contributed by atoms with E-state index in [-0.39, 0.29) is 29.6 Å². The summed E-state index contributed by atoms with van der Waals surface area (Å²) >= 11 is 4.23.